The Morgan fingerprint density at radius 1 is 1.16 bits per heavy atom. The summed E-state index contributed by atoms with van der Waals surface area (Å²) in [6, 6.07) is 11.4. The monoisotopic (exact) mass is 350 g/mol. The summed E-state index contributed by atoms with van der Waals surface area (Å²) in [7, 11) is 0. The Morgan fingerprint density at radius 2 is 1.96 bits per heavy atom. The summed E-state index contributed by atoms with van der Waals surface area (Å²) in [6.07, 6.45) is 5.45. The number of pyridine rings is 1. The van der Waals surface area contributed by atoms with Gasteiger partial charge in [0.05, 0.1) is 10.2 Å². The molecule has 0 unspecified atom stereocenters. The number of thiazole rings is 1. The van der Waals surface area contributed by atoms with E-state index < -0.39 is 5.91 Å². The van der Waals surface area contributed by atoms with E-state index in [9.17, 15) is 9.59 Å². The first kappa shape index (κ1) is 15.5. The highest BCUT2D eigenvalue weighted by Crippen LogP contribution is 2.23. The van der Waals surface area contributed by atoms with E-state index in [-0.39, 0.29) is 11.1 Å². The van der Waals surface area contributed by atoms with Gasteiger partial charge in [0.1, 0.15) is 5.56 Å². The number of nitrogens with zero attached hydrogens (tertiary/aromatic N) is 3. The summed E-state index contributed by atoms with van der Waals surface area (Å²) < 4.78 is 2.46. The first-order valence-electron chi connectivity index (χ1n) is 7.80. The highest BCUT2D eigenvalue weighted by atomic mass is 32.1. The van der Waals surface area contributed by atoms with E-state index in [1.807, 2.05) is 36.4 Å². The lowest BCUT2D eigenvalue weighted by Gasteiger charge is -2.05. The number of amides is 1. The molecule has 1 amide bonds. The Kier molecular flexibility index (Phi) is 3.99. The number of benzene rings is 1. The van der Waals surface area contributed by atoms with Gasteiger partial charge in [0.25, 0.3) is 11.5 Å². The molecule has 0 aliphatic rings. The number of carbonyl (C=O) groups is 1. The number of hydrogen-bond acceptors (Lipinski definition) is 5. The Morgan fingerprint density at radius 3 is 2.80 bits per heavy atom. The van der Waals surface area contributed by atoms with Crippen LogP contribution in [0, 0.1) is 0 Å². The van der Waals surface area contributed by atoms with Crippen molar-refractivity contribution in [1.82, 2.24) is 19.7 Å². The van der Waals surface area contributed by atoms with Crippen LogP contribution in [0.5, 0.6) is 0 Å². The number of nitrogens with one attached hydrogen (secondary N) is 1. The Bertz CT molecular complexity index is 1120. The molecule has 1 aromatic carbocycles. The number of fused-ring (bicyclic) bond motifs is 3. The molecule has 0 spiro atoms. The van der Waals surface area contributed by atoms with Crippen LogP contribution in [0.3, 0.4) is 0 Å². The average molecular weight is 350 g/mol. The van der Waals surface area contributed by atoms with Gasteiger partial charge in [-0.3, -0.25) is 19.0 Å². The van der Waals surface area contributed by atoms with Crippen LogP contribution in [-0.2, 0) is 6.42 Å². The zero-order valence-electron chi connectivity index (χ0n) is 13.2. The first-order valence-corrected chi connectivity index (χ1v) is 8.62. The molecule has 6 nitrogen and oxygen atoms in total. The van der Waals surface area contributed by atoms with E-state index in [1.54, 1.807) is 12.4 Å². The minimum atomic E-state index is -0.406. The van der Waals surface area contributed by atoms with Gasteiger partial charge in [0.15, 0.2) is 4.96 Å². The second-order valence-electron chi connectivity index (χ2n) is 5.53. The zero-order chi connectivity index (χ0) is 17.2. The molecule has 4 aromatic rings. The van der Waals surface area contributed by atoms with Gasteiger partial charge in [-0.05, 0) is 36.2 Å². The fraction of sp³-hybridized carbons (Fsp3) is 0.111. The molecule has 0 saturated heterocycles. The van der Waals surface area contributed by atoms with Crippen molar-refractivity contribution in [2.75, 3.05) is 6.54 Å². The Labute approximate surface area is 146 Å². The van der Waals surface area contributed by atoms with Gasteiger partial charge in [-0.2, -0.15) is 0 Å². The highest BCUT2D eigenvalue weighted by Gasteiger charge is 2.15. The van der Waals surface area contributed by atoms with Crippen molar-refractivity contribution < 1.29 is 4.79 Å². The summed E-state index contributed by atoms with van der Waals surface area (Å²) in [4.78, 5) is 33.9. The van der Waals surface area contributed by atoms with Gasteiger partial charge in [-0.1, -0.05) is 23.5 Å². The maximum atomic E-state index is 12.7. The molecular weight excluding hydrogens is 336 g/mol. The van der Waals surface area contributed by atoms with Crippen LogP contribution >= 0.6 is 11.3 Å². The fourth-order valence-electron chi connectivity index (χ4n) is 2.67. The van der Waals surface area contributed by atoms with E-state index in [0.717, 1.165) is 15.8 Å². The molecule has 0 bridgehead atoms. The van der Waals surface area contributed by atoms with E-state index >= 15 is 0 Å². The van der Waals surface area contributed by atoms with E-state index in [4.69, 9.17) is 0 Å². The SMILES string of the molecule is O=C(NCCc1ccncc1)c1cnc2sc3ccccc3n2c1=O. The summed E-state index contributed by atoms with van der Waals surface area (Å²) in [5, 5.41) is 2.78. The van der Waals surface area contributed by atoms with Crippen LogP contribution in [0.2, 0.25) is 0 Å². The fourth-order valence-corrected chi connectivity index (χ4v) is 3.66. The summed E-state index contributed by atoms with van der Waals surface area (Å²) in [5.41, 5.74) is 1.55. The van der Waals surface area contributed by atoms with Crippen LogP contribution in [0.4, 0.5) is 0 Å². The lowest BCUT2D eigenvalue weighted by molar-refractivity contribution is 0.0952. The van der Waals surface area contributed by atoms with Crippen LogP contribution < -0.4 is 10.9 Å². The number of rotatable bonds is 4. The number of aromatic nitrogens is 3. The molecule has 3 heterocycles. The van der Waals surface area contributed by atoms with Crippen molar-refractivity contribution in [2.45, 2.75) is 6.42 Å². The molecule has 0 saturated carbocycles. The smallest absolute Gasteiger partial charge is 0.271 e. The number of carbonyl (C=O) groups excluding carboxylic acids is 1. The molecule has 0 atom stereocenters. The standard InChI is InChI=1S/C18H14N4O2S/c23-16(20-10-7-12-5-8-19-9-6-12)13-11-21-18-22(17(13)24)14-3-1-2-4-15(14)25-18/h1-6,8-9,11H,7,10H2,(H,20,23). The normalized spacial score (nSPS) is 11.0. The molecule has 1 N–H and O–H groups in total. The van der Waals surface area contributed by atoms with Crippen LogP contribution in [0.1, 0.15) is 15.9 Å². The van der Waals surface area contributed by atoms with Crippen molar-refractivity contribution in [2.24, 2.45) is 0 Å². The third-order valence-electron chi connectivity index (χ3n) is 3.93. The molecule has 124 valence electrons. The summed E-state index contributed by atoms with van der Waals surface area (Å²) in [6.45, 7) is 0.440. The highest BCUT2D eigenvalue weighted by molar-refractivity contribution is 7.23. The van der Waals surface area contributed by atoms with Gasteiger partial charge in [-0.15, -0.1) is 0 Å². The lowest BCUT2D eigenvalue weighted by atomic mass is 10.2. The molecule has 7 heteroatoms. The van der Waals surface area contributed by atoms with E-state index in [0.29, 0.717) is 17.9 Å². The van der Waals surface area contributed by atoms with Crippen molar-refractivity contribution in [3.63, 3.8) is 0 Å². The topological polar surface area (TPSA) is 76.4 Å². The quantitative estimate of drug-likeness (QED) is 0.613. The van der Waals surface area contributed by atoms with Crippen LogP contribution in [0.15, 0.2) is 59.8 Å². The van der Waals surface area contributed by atoms with Gasteiger partial charge in [0.2, 0.25) is 0 Å². The van der Waals surface area contributed by atoms with Gasteiger partial charge in [0, 0.05) is 25.1 Å². The molecule has 3 aromatic heterocycles. The van der Waals surface area contributed by atoms with E-state index in [2.05, 4.69) is 15.3 Å². The lowest BCUT2D eigenvalue weighted by Crippen LogP contribution is -2.32. The maximum Gasteiger partial charge on any atom is 0.271 e. The maximum absolute atomic E-state index is 12.7. The Hall–Kier alpha value is -3.06. The molecule has 0 radical (unpaired) electrons. The van der Waals surface area contributed by atoms with E-state index in [1.165, 1.54) is 21.9 Å². The second-order valence-corrected chi connectivity index (χ2v) is 6.54. The predicted octanol–water partition coefficient (Wildman–Crippen LogP) is 2.28. The van der Waals surface area contributed by atoms with Crippen molar-refractivity contribution in [1.29, 1.82) is 0 Å². The minimum Gasteiger partial charge on any atom is -0.351 e. The number of hydrogen-bond donors (Lipinski definition) is 1. The van der Waals surface area contributed by atoms with Gasteiger partial charge < -0.3 is 5.32 Å². The minimum absolute atomic E-state index is 0.0516. The average Bonchev–Trinajstić information content (AvgIpc) is 3.02. The summed E-state index contributed by atoms with van der Waals surface area (Å²) in [5.74, 6) is -0.406. The second kappa shape index (κ2) is 6.45. The molecule has 0 fully saturated rings. The third kappa shape index (κ3) is 2.89. The largest absolute Gasteiger partial charge is 0.351 e. The molecule has 0 aliphatic carbocycles. The molecule has 25 heavy (non-hydrogen) atoms. The molecular formula is C18H14N4O2S. The van der Waals surface area contributed by atoms with Crippen molar-refractivity contribution in [3.8, 4) is 0 Å². The van der Waals surface area contributed by atoms with Gasteiger partial charge >= 0.3 is 0 Å². The van der Waals surface area contributed by atoms with Crippen molar-refractivity contribution in [3.05, 3.63) is 76.5 Å². The van der Waals surface area contributed by atoms with Crippen LogP contribution in [-0.4, -0.2) is 26.8 Å². The first-order chi connectivity index (χ1) is 12.2. The van der Waals surface area contributed by atoms with Crippen molar-refractivity contribution >= 4 is 32.4 Å². The zero-order valence-corrected chi connectivity index (χ0v) is 14.0. The molecule has 4 rings (SSSR count). The van der Waals surface area contributed by atoms with Crippen LogP contribution in [0.25, 0.3) is 15.2 Å². The number of para-hydroxylation sites is 1. The summed E-state index contributed by atoms with van der Waals surface area (Å²) >= 11 is 1.43. The third-order valence-corrected chi connectivity index (χ3v) is 4.97. The predicted molar refractivity (Wildman–Crippen MR) is 97.1 cm³/mol. The Balaban J connectivity index is 1.60. The van der Waals surface area contributed by atoms with Gasteiger partial charge in [-0.25, -0.2) is 4.98 Å². The molecule has 0 aliphatic heterocycles.